The Hall–Kier alpha value is -2.55. The van der Waals surface area contributed by atoms with Crippen molar-refractivity contribution in [3.8, 4) is 5.75 Å². The van der Waals surface area contributed by atoms with Crippen molar-refractivity contribution in [2.75, 3.05) is 0 Å². The highest BCUT2D eigenvalue weighted by Crippen LogP contribution is 2.54. The highest BCUT2D eigenvalue weighted by atomic mass is 16.3. The molecule has 2 aliphatic rings. The first-order valence-corrected chi connectivity index (χ1v) is 8.11. The molecule has 3 nitrogen and oxygen atoms in total. The number of aromatic hydroxyl groups is 1. The van der Waals surface area contributed by atoms with E-state index in [0.717, 1.165) is 53.5 Å². The predicted octanol–water partition coefficient (Wildman–Crippen LogP) is 4.54. The molecule has 0 unspecified atom stereocenters. The maximum atomic E-state index is 13.1. The number of furan rings is 1. The minimum absolute atomic E-state index is 0.0116. The molecule has 0 amide bonds. The molecule has 1 aromatic heterocycles. The maximum absolute atomic E-state index is 13.1. The lowest BCUT2D eigenvalue weighted by Gasteiger charge is -2.33. The van der Waals surface area contributed by atoms with Gasteiger partial charge in [-0.1, -0.05) is 31.0 Å². The molecular formula is C20H16O3. The lowest BCUT2D eigenvalue weighted by Crippen LogP contribution is -2.32. The van der Waals surface area contributed by atoms with Gasteiger partial charge in [0.1, 0.15) is 17.1 Å². The van der Waals surface area contributed by atoms with E-state index in [2.05, 4.69) is 0 Å². The van der Waals surface area contributed by atoms with E-state index in [-0.39, 0.29) is 16.9 Å². The third-order valence-corrected chi connectivity index (χ3v) is 5.48. The van der Waals surface area contributed by atoms with Crippen molar-refractivity contribution in [3.05, 3.63) is 64.9 Å². The Balaban J connectivity index is 1.92. The number of carbonyl (C=O) groups excluding carboxylic acids is 1. The Morgan fingerprint density at radius 3 is 2.65 bits per heavy atom. The summed E-state index contributed by atoms with van der Waals surface area (Å²) in [6, 6.07) is 12.9. The van der Waals surface area contributed by atoms with Crippen molar-refractivity contribution in [2.24, 2.45) is 0 Å². The minimum Gasteiger partial charge on any atom is -0.508 e. The minimum atomic E-state index is -0.268. The molecule has 1 heterocycles. The van der Waals surface area contributed by atoms with Crippen LogP contribution in [0.5, 0.6) is 5.75 Å². The molecule has 0 bridgehead atoms. The van der Waals surface area contributed by atoms with Crippen LogP contribution in [0.2, 0.25) is 0 Å². The molecule has 2 aliphatic carbocycles. The van der Waals surface area contributed by atoms with Crippen LogP contribution in [0, 0.1) is 0 Å². The van der Waals surface area contributed by atoms with Gasteiger partial charge in [-0.3, -0.25) is 4.79 Å². The van der Waals surface area contributed by atoms with Crippen molar-refractivity contribution < 1.29 is 14.3 Å². The van der Waals surface area contributed by atoms with Crippen LogP contribution in [0.15, 0.2) is 46.9 Å². The lowest BCUT2D eigenvalue weighted by atomic mass is 9.68. The molecule has 0 aliphatic heterocycles. The van der Waals surface area contributed by atoms with Crippen LogP contribution in [-0.4, -0.2) is 10.9 Å². The standard InChI is InChI=1S/C20H16O3/c21-12-7-8-13-15(11-12)20(9-3-4-10-20)19-17(18(13)22)14-5-1-2-6-16(14)23-19/h1-2,5-8,11,21H,3-4,9-10H2. The number of ketones is 1. The van der Waals surface area contributed by atoms with Gasteiger partial charge in [-0.05, 0) is 42.7 Å². The molecule has 5 rings (SSSR count). The van der Waals surface area contributed by atoms with E-state index in [4.69, 9.17) is 4.42 Å². The smallest absolute Gasteiger partial charge is 0.197 e. The number of rotatable bonds is 0. The quantitative estimate of drug-likeness (QED) is 0.663. The van der Waals surface area contributed by atoms with E-state index >= 15 is 0 Å². The molecule has 3 heteroatoms. The fraction of sp³-hybridized carbons (Fsp3) is 0.250. The monoisotopic (exact) mass is 304 g/mol. The molecule has 1 N–H and O–H groups in total. The first-order valence-electron chi connectivity index (χ1n) is 8.11. The largest absolute Gasteiger partial charge is 0.508 e. The summed E-state index contributed by atoms with van der Waals surface area (Å²) in [5.41, 5.74) is 2.88. The summed E-state index contributed by atoms with van der Waals surface area (Å²) in [5, 5.41) is 10.9. The average molecular weight is 304 g/mol. The molecule has 1 spiro atoms. The molecule has 1 fully saturated rings. The third-order valence-electron chi connectivity index (χ3n) is 5.48. The maximum Gasteiger partial charge on any atom is 0.197 e. The van der Waals surface area contributed by atoms with Crippen LogP contribution >= 0.6 is 0 Å². The van der Waals surface area contributed by atoms with Gasteiger partial charge >= 0.3 is 0 Å². The van der Waals surface area contributed by atoms with Crippen LogP contribution in [0.1, 0.15) is 52.9 Å². The molecule has 0 radical (unpaired) electrons. The number of fused-ring (bicyclic) bond motifs is 6. The highest BCUT2D eigenvalue weighted by Gasteiger charge is 2.49. The van der Waals surface area contributed by atoms with E-state index < -0.39 is 0 Å². The number of carbonyl (C=O) groups is 1. The number of phenolic OH excluding ortho intramolecular Hbond substituents is 1. The van der Waals surface area contributed by atoms with Gasteiger partial charge in [0.25, 0.3) is 0 Å². The van der Waals surface area contributed by atoms with Gasteiger partial charge in [-0.25, -0.2) is 0 Å². The fourth-order valence-corrected chi connectivity index (χ4v) is 4.47. The summed E-state index contributed by atoms with van der Waals surface area (Å²) in [6.45, 7) is 0. The second-order valence-electron chi connectivity index (χ2n) is 6.65. The molecule has 0 saturated heterocycles. The number of phenols is 1. The van der Waals surface area contributed by atoms with Gasteiger partial charge < -0.3 is 9.52 Å². The second-order valence-corrected chi connectivity index (χ2v) is 6.65. The van der Waals surface area contributed by atoms with Crippen molar-refractivity contribution >= 4 is 16.8 Å². The van der Waals surface area contributed by atoms with Crippen LogP contribution in [0.25, 0.3) is 11.0 Å². The van der Waals surface area contributed by atoms with Gasteiger partial charge in [0.05, 0.1) is 11.0 Å². The summed E-state index contributed by atoms with van der Waals surface area (Å²) >= 11 is 0. The zero-order chi connectivity index (χ0) is 15.6. The van der Waals surface area contributed by atoms with Crippen molar-refractivity contribution in [2.45, 2.75) is 31.1 Å². The fourth-order valence-electron chi connectivity index (χ4n) is 4.47. The van der Waals surface area contributed by atoms with Crippen LogP contribution in [0.3, 0.4) is 0 Å². The van der Waals surface area contributed by atoms with Gasteiger partial charge in [0, 0.05) is 10.9 Å². The van der Waals surface area contributed by atoms with Crippen LogP contribution in [0.4, 0.5) is 0 Å². The number of benzene rings is 2. The Labute approximate surface area is 133 Å². The Kier molecular flexibility index (Phi) is 2.39. The van der Waals surface area contributed by atoms with Gasteiger partial charge in [0.15, 0.2) is 5.78 Å². The third kappa shape index (κ3) is 1.52. The number of para-hydroxylation sites is 1. The van der Waals surface area contributed by atoms with E-state index in [1.165, 1.54) is 0 Å². The van der Waals surface area contributed by atoms with Gasteiger partial charge in [-0.15, -0.1) is 0 Å². The van der Waals surface area contributed by atoms with Crippen LogP contribution in [-0.2, 0) is 5.41 Å². The molecule has 23 heavy (non-hydrogen) atoms. The molecule has 114 valence electrons. The molecule has 3 aromatic rings. The summed E-state index contributed by atoms with van der Waals surface area (Å²) in [4.78, 5) is 13.1. The summed E-state index contributed by atoms with van der Waals surface area (Å²) in [5.74, 6) is 1.03. The Morgan fingerprint density at radius 1 is 1.04 bits per heavy atom. The van der Waals surface area contributed by atoms with E-state index in [0.29, 0.717) is 5.56 Å². The summed E-state index contributed by atoms with van der Waals surface area (Å²) in [7, 11) is 0. The molecular weight excluding hydrogens is 288 g/mol. The second kappa shape index (κ2) is 4.25. The zero-order valence-electron chi connectivity index (χ0n) is 12.6. The average Bonchev–Trinajstić information content (AvgIpc) is 3.19. The molecule has 1 saturated carbocycles. The normalized spacial score (nSPS) is 18.3. The zero-order valence-corrected chi connectivity index (χ0v) is 12.6. The van der Waals surface area contributed by atoms with E-state index in [1.54, 1.807) is 18.2 Å². The topological polar surface area (TPSA) is 50.4 Å². The van der Waals surface area contributed by atoms with Crippen molar-refractivity contribution in [1.29, 1.82) is 0 Å². The summed E-state index contributed by atoms with van der Waals surface area (Å²) < 4.78 is 6.19. The number of hydrogen-bond donors (Lipinski definition) is 1. The SMILES string of the molecule is O=C1c2ccc(O)cc2C2(CCCC2)c2oc3ccccc3c21. The highest BCUT2D eigenvalue weighted by molar-refractivity contribution is 6.19. The predicted molar refractivity (Wildman–Crippen MR) is 87.0 cm³/mol. The van der Waals surface area contributed by atoms with Crippen molar-refractivity contribution in [3.63, 3.8) is 0 Å². The van der Waals surface area contributed by atoms with Gasteiger partial charge in [-0.2, -0.15) is 0 Å². The molecule has 0 atom stereocenters. The van der Waals surface area contributed by atoms with Crippen molar-refractivity contribution in [1.82, 2.24) is 0 Å². The number of hydrogen-bond acceptors (Lipinski definition) is 3. The van der Waals surface area contributed by atoms with Gasteiger partial charge in [0.2, 0.25) is 0 Å². The first-order chi connectivity index (χ1) is 11.2. The van der Waals surface area contributed by atoms with E-state index in [1.807, 2.05) is 24.3 Å². The lowest BCUT2D eigenvalue weighted by molar-refractivity contribution is 0.102. The molecule has 2 aromatic carbocycles. The Morgan fingerprint density at radius 2 is 1.83 bits per heavy atom. The Bertz CT molecular complexity index is 958. The summed E-state index contributed by atoms with van der Waals surface area (Å²) in [6.07, 6.45) is 4.15. The first kappa shape index (κ1) is 12.9. The van der Waals surface area contributed by atoms with E-state index in [9.17, 15) is 9.90 Å². The van der Waals surface area contributed by atoms with Crippen LogP contribution < -0.4 is 0 Å².